The molecule has 25 heavy (non-hydrogen) atoms. The molecule has 3 aromatic rings. The van der Waals surface area contributed by atoms with Crippen molar-refractivity contribution in [3.05, 3.63) is 45.2 Å². The van der Waals surface area contributed by atoms with E-state index in [1.165, 1.54) is 17.8 Å². The van der Waals surface area contributed by atoms with E-state index in [0.717, 1.165) is 24.8 Å². The molecule has 1 aliphatic rings. The van der Waals surface area contributed by atoms with Gasteiger partial charge in [-0.25, -0.2) is 4.98 Å². The average Bonchev–Trinajstić information content (AvgIpc) is 3.03. The van der Waals surface area contributed by atoms with Crippen LogP contribution in [0.2, 0.25) is 0 Å². The molecule has 1 saturated carbocycles. The van der Waals surface area contributed by atoms with Crippen molar-refractivity contribution in [3.8, 4) is 0 Å². The fourth-order valence-electron chi connectivity index (χ4n) is 3.64. The molecule has 1 N–H and O–H groups in total. The van der Waals surface area contributed by atoms with Crippen molar-refractivity contribution >= 4 is 33.1 Å². The van der Waals surface area contributed by atoms with Crippen LogP contribution in [0.15, 0.2) is 29.2 Å². The molecule has 0 aromatic carbocycles. The maximum Gasteiger partial charge on any atom is 0.266 e. The largest absolute Gasteiger partial charge is 0.348 e. The van der Waals surface area contributed by atoms with E-state index in [-0.39, 0.29) is 17.5 Å². The van der Waals surface area contributed by atoms with Crippen molar-refractivity contribution in [2.75, 3.05) is 0 Å². The number of carbonyl (C=O) groups is 1. The fourth-order valence-corrected chi connectivity index (χ4v) is 4.57. The molecule has 0 unspecified atom stereocenters. The van der Waals surface area contributed by atoms with Gasteiger partial charge in [0.05, 0.1) is 10.3 Å². The van der Waals surface area contributed by atoms with E-state index in [2.05, 4.69) is 17.2 Å². The van der Waals surface area contributed by atoms with E-state index in [1.807, 2.05) is 19.1 Å². The van der Waals surface area contributed by atoms with Crippen LogP contribution in [0, 0.1) is 12.8 Å². The molecule has 1 fully saturated rings. The lowest BCUT2D eigenvalue weighted by atomic mass is 9.86. The highest BCUT2D eigenvalue weighted by Gasteiger charge is 2.24. The highest BCUT2D eigenvalue weighted by molar-refractivity contribution is 7.20. The molecular formula is C19H21N3O2S. The predicted molar refractivity (Wildman–Crippen MR) is 100 cm³/mol. The molecule has 1 amide bonds. The molecule has 5 nitrogen and oxygen atoms in total. The lowest BCUT2D eigenvalue weighted by molar-refractivity contribution is 0.0914. The van der Waals surface area contributed by atoms with Gasteiger partial charge in [-0.3, -0.25) is 14.0 Å². The molecule has 0 radical (unpaired) electrons. The summed E-state index contributed by atoms with van der Waals surface area (Å²) in [5.74, 6) is 0.410. The van der Waals surface area contributed by atoms with Gasteiger partial charge in [-0.2, -0.15) is 0 Å². The summed E-state index contributed by atoms with van der Waals surface area (Å²) >= 11 is 1.30. The van der Waals surface area contributed by atoms with Crippen molar-refractivity contribution in [2.45, 2.75) is 45.6 Å². The van der Waals surface area contributed by atoms with Crippen LogP contribution in [0.25, 0.3) is 15.9 Å². The van der Waals surface area contributed by atoms with Crippen LogP contribution in [0.5, 0.6) is 0 Å². The van der Waals surface area contributed by atoms with Crippen LogP contribution < -0.4 is 10.9 Å². The summed E-state index contributed by atoms with van der Waals surface area (Å²) < 4.78 is 1.55. The van der Waals surface area contributed by atoms with E-state index >= 15 is 0 Å². The van der Waals surface area contributed by atoms with Crippen LogP contribution in [0.3, 0.4) is 0 Å². The second kappa shape index (κ2) is 6.26. The quantitative estimate of drug-likeness (QED) is 0.765. The summed E-state index contributed by atoms with van der Waals surface area (Å²) in [5, 5.41) is 3.66. The van der Waals surface area contributed by atoms with Gasteiger partial charge in [0.2, 0.25) is 0 Å². The first kappa shape index (κ1) is 16.3. The van der Waals surface area contributed by atoms with Gasteiger partial charge in [0.1, 0.15) is 10.5 Å². The number of aromatic nitrogens is 2. The second-order valence-electron chi connectivity index (χ2n) is 6.97. The molecule has 0 bridgehead atoms. The van der Waals surface area contributed by atoms with E-state index in [9.17, 15) is 9.59 Å². The van der Waals surface area contributed by atoms with Gasteiger partial charge >= 0.3 is 0 Å². The third-order valence-electron chi connectivity index (χ3n) is 5.18. The molecule has 6 heteroatoms. The number of rotatable bonds is 2. The molecule has 0 aliphatic heterocycles. The number of pyridine rings is 1. The molecule has 3 aromatic heterocycles. The monoisotopic (exact) mass is 355 g/mol. The predicted octanol–water partition coefficient (Wildman–Crippen LogP) is 3.53. The van der Waals surface area contributed by atoms with Gasteiger partial charge in [-0.1, -0.05) is 25.8 Å². The highest BCUT2D eigenvalue weighted by atomic mass is 32.1. The molecule has 130 valence electrons. The van der Waals surface area contributed by atoms with Gasteiger partial charge in [0, 0.05) is 12.2 Å². The SMILES string of the molecule is Cc1cccn2c(=O)c3cc(C(=O)N[C@H]4CCCC[C@H]4C)sc3nc12. The normalized spacial score (nSPS) is 20.9. The van der Waals surface area contributed by atoms with Crippen molar-refractivity contribution in [1.82, 2.24) is 14.7 Å². The first-order valence-electron chi connectivity index (χ1n) is 8.77. The van der Waals surface area contributed by atoms with Crippen molar-refractivity contribution in [3.63, 3.8) is 0 Å². The molecule has 3 heterocycles. The number of aryl methyl sites for hydroxylation is 1. The Morgan fingerprint density at radius 3 is 2.96 bits per heavy atom. The average molecular weight is 355 g/mol. The smallest absolute Gasteiger partial charge is 0.266 e. The van der Waals surface area contributed by atoms with Crippen LogP contribution in [-0.2, 0) is 0 Å². The maximum atomic E-state index is 12.7. The molecule has 2 atom stereocenters. The number of fused-ring (bicyclic) bond motifs is 2. The Kier molecular flexibility index (Phi) is 4.07. The van der Waals surface area contributed by atoms with E-state index < -0.39 is 0 Å². The zero-order valence-corrected chi connectivity index (χ0v) is 15.2. The first-order valence-corrected chi connectivity index (χ1v) is 9.58. The third-order valence-corrected chi connectivity index (χ3v) is 6.21. The van der Waals surface area contributed by atoms with Crippen molar-refractivity contribution in [2.24, 2.45) is 5.92 Å². The summed E-state index contributed by atoms with van der Waals surface area (Å²) in [6.45, 7) is 4.12. The van der Waals surface area contributed by atoms with Gasteiger partial charge in [-0.15, -0.1) is 11.3 Å². The summed E-state index contributed by atoms with van der Waals surface area (Å²) in [6.07, 6.45) is 6.31. The standard InChI is InChI=1S/C19H21N3O2S/c1-11-6-3-4-8-14(11)20-17(23)15-10-13-18(25-15)21-16-12(2)7-5-9-22(16)19(13)24/h5,7,9-11,14H,3-4,6,8H2,1-2H3,(H,20,23)/t11-,14+/m1/s1. The van der Waals surface area contributed by atoms with Gasteiger partial charge in [0.15, 0.2) is 0 Å². The van der Waals surface area contributed by atoms with Crippen LogP contribution in [0.1, 0.15) is 47.8 Å². The molecular weight excluding hydrogens is 334 g/mol. The summed E-state index contributed by atoms with van der Waals surface area (Å²) in [5.41, 5.74) is 1.47. The minimum absolute atomic E-state index is 0.0908. The molecule has 1 aliphatic carbocycles. The summed E-state index contributed by atoms with van der Waals surface area (Å²) in [6, 6.07) is 5.68. The van der Waals surface area contributed by atoms with Gasteiger partial charge < -0.3 is 5.32 Å². The van der Waals surface area contributed by atoms with Crippen LogP contribution >= 0.6 is 11.3 Å². The third kappa shape index (κ3) is 2.84. The minimum atomic E-state index is -0.120. The van der Waals surface area contributed by atoms with E-state index in [0.29, 0.717) is 26.7 Å². The Balaban J connectivity index is 1.72. The Morgan fingerprint density at radius 2 is 2.16 bits per heavy atom. The Bertz CT molecular complexity index is 1020. The van der Waals surface area contributed by atoms with Gasteiger partial charge in [-0.05, 0) is 43.4 Å². The Morgan fingerprint density at radius 1 is 1.36 bits per heavy atom. The Hall–Kier alpha value is -2.21. The summed E-state index contributed by atoms with van der Waals surface area (Å²) in [7, 11) is 0. The van der Waals surface area contributed by atoms with Gasteiger partial charge in [0.25, 0.3) is 11.5 Å². The summed E-state index contributed by atoms with van der Waals surface area (Å²) in [4.78, 5) is 31.2. The van der Waals surface area contributed by atoms with Crippen molar-refractivity contribution in [1.29, 1.82) is 0 Å². The highest BCUT2D eigenvalue weighted by Crippen LogP contribution is 2.26. The fraction of sp³-hybridized carbons (Fsp3) is 0.421. The van der Waals surface area contributed by atoms with Crippen LogP contribution in [-0.4, -0.2) is 21.3 Å². The lowest BCUT2D eigenvalue weighted by Gasteiger charge is -2.29. The number of hydrogen-bond donors (Lipinski definition) is 1. The second-order valence-corrected chi connectivity index (χ2v) is 8.00. The lowest BCUT2D eigenvalue weighted by Crippen LogP contribution is -2.40. The topological polar surface area (TPSA) is 63.5 Å². The number of hydrogen-bond acceptors (Lipinski definition) is 4. The number of nitrogens with one attached hydrogen (secondary N) is 1. The number of thiophene rings is 1. The number of amides is 1. The molecule has 0 saturated heterocycles. The van der Waals surface area contributed by atoms with Crippen molar-refractivity contribution < 1.29 is 4.79 Å². The molecule has 0 spiro atoms. The zero-order valence-electron chi connectivity index (χ0n) is 14.4. The first-order chi connectivity index (χ1) is 12.0. The van der Waals surface area contributed by atoms with E-state index in [1.54, 1.807) is 16.7 Å². The number of nitrogens with zero attached hydrogens (tertiary/aromatic N) is 2. The maximum absolute atomic E-state index is 12.7. The minimum Gasteiger partial charge on any atom is -0.348 e. The van der Waals surface area contributed by atoms with Crippen LogP contribution in [0.4, 0.5) is 0 Å². The zero-order chi connectivity index (χ0) is 17.6. The van der Waals surface area contributed by atoms with E-state index in [4.69, 9.17) is 0 Å². The molecule has 4 rings (SSSR count). The Labute approximate surface area is 149 Å². The number of carbonyl (C=O) groups excluding carboxylic acids is 1.